The number of nitrogens with zero attached hydrogens (tertiary/aromatic N) is 1. The van der Waals surface area contributed by atoms with E-state index in [1.54, 1.807) is 0 Å². The van der Waals surface area contributed by atoms with Crippen molar-refractivity contribution in [2.75, 3.05) is 0 Å². The smallest absolute Gasteiger partial charge is 0.114 e. The molecule has 0 amide bonds. The highest BCUT2D eigenvalue weighted by atomic mass is 15.3. The maximum Gasteiger partial charge on any atom is 0.114 e. The molecule has 96 valence electrons. The van der Waals surface area contributed by atoms with E-state index in [4.69, 9.17) is 7.85 Å². The molecule has 1 aliphatic heterocycles. The predicted octanol–water partition coefficient (Wildman–Crippen LogP) is 3.02. The standard InChI is InChI=1S/C16H24BN/c1-15(2)10-7-11-16(3,4)18(15)12-13-8-5-6-9-14(13)17/h5-6,8-9H,7,10-12H2,1-4H3. The van der Waals surface area contributed by atoms with Gasteiger partial charge in [0.2, 0.25) is 0 Å². The van der Waals surface area contributed by atoms with E-state index in [-0.39, 0.29) is 11.1 Å². The van der Waals surface area contributed by atoms with Crippen LogP contribution in [0.2, 0.25) is 0 Å². The lowest BCUT2D eigenvalue weighted by Gasteiger charge is -2.53. The summed E-state index contributed by atoms with van der Waals surface area (Å²) in [6.07, 6.45) is 3.85. The molecular weight excluding hydrogens is 217 g/mol. The first kappa shape index (κ1) is 13.7. The van der Waals surface area contributed by atoms with Gasteiger partial charge in [-0.25, -0.2) is 0 Å². The first-order valence-electron chi connectivity index (χ1n) is 6.94. The lowest BCUT2D eigenvalue weighted by atomic mass is 9.78. The number of piperidine rings is 1. The molecule has 1 heterocycles. The minimum Gasteiger partial charge on any atom is -0.289 e. The highest BCUT2D eigenvalue weighted by molar-refractivity contribution is 6.33. The third-order valence-corrected chi connectivity index (χ3v) is 4.42. The van der Waals surface area contributed by atoms with Crippen molar-refractivity contribution in [3.8, 4) is 0 Å². The fourth-order valence-corrected chi connectivity index (χ4v) is 3.32. The normalized spacial score (nSPS) is 22.9. The van der Waals surface area contributed by atoms with Gasteiger partial charge in [-0.2, -0.15) is 0 Å². The van der Waals surface area contributed by atoms with Gasteiger partial charge in [-0.3, -0.25) is 4.90 Å². The predicted molar refractivity (Wildman–Crippen MR) is 79.4 cm³/mol. The summed E-state index contributed by atoms with van der Waals surface area (Å²) in [5, 5.41) is 0. The molecule has 0 aromatic heterocycles. The van der Waals surface area contributed by atoms with Crippen molar-refractivity contribution in [1.29, 1.82) is 0 Å². The average Bonchev–Trinajstić information content (AvgIpc) is 2.25. The molecule has 0 spiro atoms. The fourth-order valence-electron chi connectivity index (χ4n) is 3.32. The molecule has 2 heteroatoms. The molecule has 0 bridgehead atoms. The lowest BCUT2D eigenvalue weighted by Crippen LogP contribution is -2.58. The molecule has 2 rings (SSSR count). The number of likely N-dealkylation sites (tertiary alicyclic amines) is 1. The number of rotatable bonds is 2. The van der Waals surface area contributed by atoms with Gasteiger partial charge in [0.25, 0.3) is 0 Å². The molecule has 1 aromatic rings. The van der Waals surface area contributed by atoms with E-state index in [0.717, 1.165) is 12.0 Å². The minimum atomic E-state index is 0.254. The molecule has 1 fully saturated rings. The maximum absolute atomic E-state index is 6.09. The molecular formula is C16H24BN. The van der Waals surface area contributed by atoms with Gasteiger partial charge < -0.3 is 0 Å². The Morgan fingerprint density at radius 1 is 1.06 bits per heavy atom. The van der Waals surface area contributed by atoms with Crippen LogP contribution in [0, 0.1) is 0 Å². The van der Waals surface area contributed by atoms with Gasteiger partial charge in [-0.05, 0) is 52.5 Å². The quantitative estimate of drug-likeness (QED) is 0.719. The van der Waals surface area contributed by atoms with Gasteiger partial charge in [-0.15, -0.1) is 0 Å². The molecule has 1 aromatic carbocycles. The van der Waals surface area contributed by atoms with E-state index < -0.39 is 0 Å². The second-order valence-electron chi connectivity index (χ2n) is 6.76. The minimum absolute atomic E-state index is 0.254. The first-order chi connectivity index (χ1) is 8.33. The van der Waals surface area contributed by atoms with Crippen molar-refractivity contribution in [3.05, 3.63) is 29.8 Å². The maximum atomic E-state index is 6.09. The van der Waals surface area contributed by atoms with E-state index in [2.05, 4.69) is 44.7 Å². The number of benzene rings is 1. The molecule has 18 heavy (non-hydrogen) atoms. The van der Waals surface area contributed by atoms with Gasteiger partial charge >= 0.3 is 0 Å². The second kappa shape index (κ2) is 4.73. The van der Waals surface area contributed by atoms with Crippen molar-refractivity contribution >= 4 is 13.3 Å². The summed E-state index contributed by atoms with van der Waals surface area (Å²) in [6.45, 7) is 10.4. The molecule has 1 aliphatic rings. The molecule has 1 nitrogen and oxygen atoms in total. The SMILES string of the molecule is [B]c1ccccc1CN1C(C)(C)CCCC1(C)C. The molecule has 0 unspecified atom stereocenters. The molecule has 0 atom stereocenters. The van der Waals surface area contributed by atoms with Gasteiger partial charge in [0.15, 0.2) is 0 Å². The van der Waals surface area contributed by atoms with E-state index >= 15 is 0 Å². The van der Waals surface area contributed by atoms with Gasteiger partial charge in [-0.1, -0.05) is 29.7 Å². The Morgan fingerprint density at radius 2 is 1.61 bits per heavy atom. The van der Waals surface area contributed by atoms with Crippen LogP contribution in [0.3, 0.4) is 0 Å². The molecule has 1 saturated heterocycles. The zero-order chi connectivity index (χ0) is 13.4. The summed E-state index contributed by atoms with van der Waals surface area (Å²) >= 11 is 0. The Hall–Kier alpha value is -0.755. The van der Waals surface area contributed by atoms with Crippen LogP contribution in [0.1, 0.15) is 52.5 Å². The van der Waals surface area contributed by atoms with Crippen molar-refractivity contribution in [1.82, 2.24) is 4.90 Å². The van der Waals surface area contributed by atoms with E-state index in [1.807, 2.05) is 12.1 Å². The van der Waals surface area contributed by atoms with Crippen LogP contribution in [0.15, 0.2) is 24.3 Å². The molecule has 0 N–H and O–H groups in total. The Labute approximate surface area is 113 Å². The largest absolute Gasteiger partial charge is 0.289 e. The van der Waals surface area contributed by atoms with Crippen LogP contribution in [-0.4, -0.2) is 23.8 Å². The number of hydrogen-bond acceptors (Lipinski definition) is 1. The third kappa shape index (κ3) is 2.64. The summed E-state index contributed by atoms with van der Waals surface area (Å²) < 4.78 is 0. The average molecular weight is 241 g/mol. The van der Waals surface area contributed by atoms with Crippen LogP contribution in [0.25, 0.3) is 0 Å². The monoisotopic (exact) mass is 241 g/mol. The Kier molecular flexibility index (Phi) is 3.59. The third-order valence-electron chi connectivity index (χ3n) is 4.42. The van der Waals surface area contributed by atoms with Crippen molar-refractivity contribution in [3.63, 3.8) is 0 Å². The molecule has 0 saturated carbocycles. The van der Waals surface area contributed by atoms with E-state index in [9.17, 15) is 0 Å². The summed E-state index contributed by atoms with van der Waals surface area (Å²) in [6, 6.07) is 8.23. The van der Waals surface area contributed by atoms with Crippen LogP contribution < -0.4 is 5.46 Å². The van der Waals surface area contributed by atoms with Crippen LogP contribution >= 0.6 is 0 Å². The summed E-state index contributed by atoms with van der Waals surface area (Å²) in [4.78, 5) is 2.62. The van der Waals surface area contributed by atoms with Crippen LogP contribution in [0.4, 0.5) is 0 Å². The Morgan fingerprint density at radius 3 is 2.17 bits per heavy atom. The van der Waals surface area contributed by atoms with Gasteiger partial charge in [0, 0.05) is 17.6 Å². The topological polar surface area (TPSA) is 3.24 Å². The van der Waals surface area contributed by atoms with Crippen molar-refractivity contribution in [2.45, 2.75) is 64.6 Å². The summed E-state index contributed by atoms with van der Waals surface area (Å²) in [5.74, 6) is 0. The molecule has 2 radical (unpaired) electrons. The van der Waals surface area contributed by atoms with Crippen LogP contribution in [-0.2, 0) is 6.54 Å². The Bertz CT molecular complexity index is 407. The van der Waals surface area contributed by atoms with Crippen molar-refractivity contribution in [2.24, 2.45) is 0 Å². The van der Waals surface area contributed by atoms with Gasteiger partial charge in [0.05, 0.1) is 0 Å². The highest BCUT2D eigenvalue weighted by Crippen LogP contribution is 2.38. The first-order valence-corrected chi connectivity index (χ1v) is 6.94. The fraction of sp³-hybridized carbons (Fsp3) is 0.625. The van der Waals surface area contributed by atoms with Crippen LogP contribution in [0.5, 0.6) is 0 Å². The summed E-state index contributed by atoms with van der Waals surface area (Å²) in [5.41, 5.74) is 2.67. The Balaban J connectivity index is 2.27. The van der Waals surface area contributed by atoms with Gasteiger partial charge in [0.1, 0.15) is 7.85 Å². The van der Waals surface area contributed by atoms with E-state index in [1.165, 1.54) is 24.8 Å². The zero-order valence-electron chi connectivity index (χ0n) is 12.2. The van der Waals surface area contributed by atoms with Crippen molar-refractivity contribution < 1.29 is 0 Å². The highest BCUT2D eigenvalue weighted by Gasteiger charge is 2.40. The summed E-state index contributed by atoms with van der Waals surface area (Å²) in [7, 11) is 6.09. The second-order valence-corrected chi connectivity index (χ2v) is 6.76. The number of hydrogen-bond donors (Lipinski definition) is 0. The molecule has 0 aliphatic carbocycles. The van der Waals surface area contributed by atoms with E-state index in [0.29, 0.717) is 0 Å². The lowest BCUT2D eigenvalue weighted by molar-refractivity contribution is -0.0338. The zero-order valence-corrected chi connectivity index (χ0v) is 12.2.